The number of hydrogen-bond donors (Lipinski definition) is 2. The lowest BCUT2D eigenvalue weighted by Gasteiger charge is -2.17. The molecule has 0 saturated heterocycles. The molecule has 3 N–H and O–H groups in total. The maximum Gasteiger partial charge on any atom is 0.0522 e. The van der Waals surface area contributed by atoms with E-state index in [1.54, 1.807) is 0 Å². The summed E-state index contributed by atoms with van der Waals surface area (Å²) < 4.78 is 1.84. The smallest absolute Gasteiger partial charge is 0.0522 e. The lowest BCUT2D eigenvalue weighted by atomic mass is 10.1. The Morgan fingerprint density at radius 3 is 2.94 bits per heavy atom. The Bertz CT molecular complexity index is 333. The first-order chi connectivity index (χ1) is 8.28. The highest BCUT2D eigenvalue weighted by atomic mass is 32.2. The average Bonchev–Trinajstić information content (AvgIpc) is 2.96. The van der Waals surface area contributed by atoms with Crippen molar-refractivity contribution in [3.8, 4) is 0 Å². The highest BCUT2D eigenvalue weighted by Gasteiger charge is 2.17. The molecule has 1 saturated carbocycles. The van der Waals surface area contributed by atoms with Crippen molar-refractivity contribution < 1.29 is 0 Å². The third-order valence-corrected chi connectivity index (χ3v) is 4.85. The van der Waals surface area contributed by atoms with E-state index in [1.807, 2.05) is 17.9 Å². The number of hydrogen-bond acceptors (Lipinski definition) is 4. The van der Waals surface area contributed by atoms with E-state index in [4.69, 9.17) is 5.84 Å². The van der Waals surface area contributed by atoms with Crippen LogP contribution < -0.4 is 11.3 Å². The van der Waals surface area contributed by atoms with Gasteiger partial charge >= 0.3 is 0 Å². The largest absolute Gasteiger partial charge is 0.276 e. The number of aromatic nitrogens is 2. The molecule has 2 rings (SSSR count). The van der Waals surface area contributed by atoms with Gasteiger partial charge in [-0.1, -0.05) is 12.8 Å². The molecule has 4 nitrogen and oxygen atoms in total. The van der Waals surface area contributed by atoms with Crippen LogP contribution in [0.2, 0.25) is 0 Å². The molecule has 1 fully saturated rings. The number of aryl methyl sites for hydroxylation is 1. The van der Waals surface area contributed by atoms with Crippen LogP contribution in [0.3, 0.4) is 0 Å². The summed E-state index contributed by atoms with van der Waals surface area (Å²) in [6.45, 7) is 0. The van der Waals surface area contributed by atoms with E-state index in [0.717, 1.165) is 17.4 Å². The van der Waals surface area contributed by atoms with Gasteiger partial charge in [0.2, 0.25) is 0 Å². The number of nitrogens with zero attached hydrogens (tertiary/aromatic N) is 2. The fourth-order valence-corrected chi connectivity index (χ4v) is 3.72. The summed E-state index contributed by atoms with van der Waals surface area (Å²) in [4.78, 5) is 0. The number of nitrogens with two attached hydrogens (primary N) is 1. The minimum absolute atomic E-state index is 0.352. The summed E-state index contributed by atoms with van der Waals surface area (Å²) in [5, 5.41) is 5.04. The molecule has 1 heterocycles. The van der Waals surface area contributed by atoms with Crippen LogP contribution in [0.25, 0.3) is 0 Å². The summed E-state index contributed by atoms with van der Waals surface area (Å²) in [5.74, 6) is 6.71. The summed E-state index contributed by atoms with van der Waals surface area (Å²) >= 11 is 2.07. The van der Waals surface area contributed by atoms with Gasteiger partial charge in [0.05, 0.1) is 6.20 Å². The Hall–Kier alpha value is -0.520. The van der Waals surface area contributed by atoms with Gasteiger partial charge in [-0.15, -0.1) is 0 Å². The Morgan fingerprint density at radius 1 is 1.59 bits per heavy atom. The molecule has 1 aromatic heterocycles. The summed E-state index contributed by atoms with van der Waals surface area (Å²) in [5.41, 5.74) is 4.18. The van der Waals surface area contributed by atoms with Crippen LogP contribution in [0.15, 0.2) is 12.4 Å². The highest BCUT2D eigenvalue weighted by molar-refractivity contribution is 7.99. The van der Waals surface area contributed by atoms with Crippen LogP contribution in [0, 0.1) is 0 Å². The van der Waals surface area contributed by atoms with Crippen LogP contribution in [-0.2, 0) is 13.5 Å². The minimum Gasteiger partial charge on any atom is -0.276 e. The second-order valence-corrected chi connectivity index (χ2v) is 6.16. The molecule has 1 unspecified atom stereocenters. The summed E-state index contributed by atoms with van der Waals surface area (Å²) in [6, 6.07) is 0.352. The van der Waals surface area contributed by atoms with E-state index in [1.165, 1.54) is 31.2 Å². The molecule has 96 valence electrons. The standard InChI is InChI=1S/C12H22N4S/c1-16-8-10(7-14-16)6-11(15-13)9-17-12-4-2-3-5-12/h7-8,11-12,15H,2-6,9,13H2,1H3. The van der Waals surface area contributed by atoms with E-state index in [9.17, 15) is 0 Å². The summed E-state index contributed by atoms with van der Waals surface area (Å²) in [6.07, 6.45) is 10.5. The number of rotatable bonds is 6. The second-order valence-electron chi connectivity index (χ2n) is 4.83. The zero-order valence-corrected chi connectivity index (χ0v) is 11.2. The number of nitrogens with one attached hydrogen (secondary N) is 1. The van der Waals surface area contributed by atoms with Crippen molar-refractivity contribution in [3.63, 3.8) is 0 Å². The maximum absolute atomic E-state index is 5.62. The molecular formula is C12H22N4S. The van der Waals surface area contributed by atoms with Gasteiger partial charge in [-0.25, -0.2) is 0 Å². The maximum atomic E-state index is 5.62. The van der Waals surface area contributed by atoms with Crippen molar-refractivity contribution in [2.75, 3.05) is 5.75 Å². The van der Waals surface area contributed by atoms with Crippen LogP contribution in [0.1, 0.15) is 31.2 Å². The van der Waals surface area contributed by atoms with Crippen molar-refractivity contribution in [3.05, 3.63) is 18.0 Å². The zero-order valence-electron chi connectivity index (χ0n) is 10.4. The van der Waals surface area contributed by atoms with Gasteiger partial charge in [0.15, 0.2) is 0 Å². The predicted molar refractivity (Wildman–Crippen MR) is 72.7 cm³/mol. The van der Waals surface area contributed by atoms with E-state index in [-0.39, 0.29) is 0 Å². The Balaban J connectivity index is 1.75. The number of hydrazine groups is 1. The van der Waals surface area contributed by atoms with Crippen LogP contribution in [-0.4, -0.2) is 26.8 Å². The monoisotopic (exact) mass is 254 g/mol. The predicted octanol–water partition coefficient (Wildman–Crippen LogP) is 1.47. The quantitative estimate of drug-likeness (QED) is 0.596. The first-order valence-corrected chi connectivity index (χ1v) is 7.38. The van der Waals surface area contributed by atoms with Gasteiger partial charge < -0.3 is 0 Å². The van der Waals surface area contributed by atoms with Gasteiger partial charge in [0, 0.05) is 30.3 Å². The molecule has 0 aromatic carbocycles. The van der Waals surface area contributed by atoms with Crippen molar-refractivity contribution in [1.82, 2.24) is 15.2 Å². The molecule has 5 heteroatoms. The van der Waals surface area contributed by atoms with E-state index < -0.39 is 0 Å². The van der Waals surface area contributed by atoms with Gasteiger partial charge in [-0.3, -0.25) is 16.0 Å². The van der Waals surface area contributed by atoms with Crippen molar-refractivity contribution in [2.45, 2.75) is 43.4 Å². The topological polar surface area (TPSA) is 55.9 Å². The van der Waals surface area contributed by atoms with Gasteiger partial charge in [-0.05, 0) is 24.8 Å². The van der Waals surface area contributed by atoms with Gasteiger partial charge in [0.25, 0.3) is 0 Å². The van der Waals surface area contributed by atoms with E-state index in [2.05, 4.69) is 28.5 Å². The SMILES string of the molecule is Cn1cc(CC(CSC2CCCC2)NN)cn1. The normalized spacial score (nSPS) is 18.7. The van der Waals surface area contributed by atoms with E-state index >= 15 is 0 Å². The molecule has 1 aromatic rings. The van der Waals surface area contributed by atoms with Crippen LogP contribution >= 0.6 is 11.8 Å². The first kappa shape index (κ1) is 12.9. The van der Waals surface area contributed by atoms with Crippen molar-refractivity contribution in [2.24, 2.45) is 12.9 Å². The Labute approximate surface area is 107 Å². The van der Waals surface area contributed by atoms with Crippen LogP contribution in [0.5, 0.6) is 0 Å². The van der Waals surface area contributed by atoms with Gasteiger partial charge in [0.1, 0.15) is 0 Å². The molecule has 1 aliphatic rings. The third-order valence-electron chi connectivity index (χ3n) is 3.31. The summed E-state index contributed by atoms with van der Waals surface area (Å²) in [7, 11) is 1.95. The molecule has 1 aliphatic carbocycles. The lowest BCUT2D eigenvalue weighted by molar-refractivity contribution is 0.574. The second kappa shape index (κ2) is 6.42. The molecule has 0 spiro atoms. The lowest BCUT2D eigenvalue weighted by Crippen LogP contribution is -2.39. The van der Waals surface area contributed by atoms with Crippen LogP contribution in [0.4, 0.5) is 0 Å². The zero-order chi connectivity index (χ0) is 12.1. The van der Waals surface area contributed by atoms with E-state index in [0.29, 0.717) is 6.04 Å². The number of thioether (sulfide) groups is 1. The third kappa shape index (κ3) is 4.01. The van der Waals surface area contributed by atoms with Crippen molar-refractivity contribution in [1.29, 1.82) is 0 Å². The van der Waals surface area contributed by atoms with Crippen molar-refractivity contribution >= 4 is 11.8 Å². The minimum atomic E-state index is 0.352. The molecule has 0 aliphatic heterocycles. The Kier molecular flexibility index (Phi) is 4.88. The molecule has 17 heavy (non-hydrogen) atoms. The van der Waals surface area contributed by atoms with Gasteiger partial charge in [-0.2, -0.15) is 16.9 Å². The average molecular weight is 254 g/mol. The molecule has 1 atom stereocenters. The molecule has 0 bridgehead atoms. The first-order valence-electron chi connectivity index (χ1n) is 6.33. The fourth-order valence-electron chi connectivity index (χ4n) is 2.34. The Morgan fingerprint density at radius 2 is 2.35 bits per heavy atom. The fraction of sp³-hybridized carbons (Fsp3) is 0.750. The molecular weight excluding hydrogens is 232 g/mol. The molecule has 0 radical (unpaired) electrons. The highest BCUT2D eigenvalue weighted by Crippen LogP contribution is 2.29. The molecule has 0 amide bonds.